The molecule has 1 aromatic heterocycles. The second-order valence-electron chi connectivity index (χ2n) is 11.6. The number of aromatic nitrogens is 2. The Morgan fingerprint density at radius 2 is 1.61 bits per heavy atom. The van der Waals surface area contributed by atoms with E-state index >= 15 is 0 Å². The summed E-state index contributed by atoms with van der Waals surface area (Å²) < 4.78 is 26.2. The Balaban J connectivity index is 1.51. The Labute approximate surface area is 225 Å². The third kappa shape index (κ3) is 5.79. The van der Waals surface area contributed by atoms with Crippen LogP contribution in [0, 0.1) is 6.92 Å². The van der Waals surface area contributed by atoms with Crippen molar-refractivity contribution in [1.29, 1.82) is 0 Å². The summed E-state index contributed by atoms with van der Waals surface area (Å²) in [6.07, 6.45) is 0. The second kappa shape index (κ2) is 9.97. The highest BCUT2D eigenvalue weighted by Crippen LogP contribution is 2.40. The fourth-order valence-corrected chi connectivity index (χ4v) is 5.26. The summed E-state index contributed by atoms with van der Waals surface area (Å²) in [4.78, 5) is 0. The predicted molar refractivity (Wildman–Crippen MR) is 151 cm³/mol. The number of fused-ring (bicyclic) bond motifs is 1. The van der Waals surface area contributed by atoms with Crippen LogP contribution in [0.4, 0.5) is 0 Å². The first-order chi connectivity index (χ1) is 16.7. The summed E-state index contributed by atoms with van der Waals surface area (Å²) in [5, 5.41) is 6.41. The molecule has 0 radical (unpaired) electrons. The van der Waals surface area contributed by atoms with Crippen molar-refractivity contribution in [3.63, 3.8) is 0 Å². The number of nitrogens with zero attached hydrogens (tertiary/aromatic N) is 2. The predicted octanol–water partition coefficient (Wildman–Crippen LogP) is 7.06. The normalized spacial score (nSPS) is 17.2. The zero-order valence-corrected chi connectivity index (χ0v) is 24.9. The van der Waals surface area contributed by atoms with Gasteiger partial charge in [-0.05, 0) is 76.5 Å². The quantitative estimate of drug-likeness (QED) is 0.223. The summed E-state index contributed by atoms with van der Waals surface area (Å²) in [5.74, 6) is 1.01. The topological polar surface area (TPSA) is 54.7 Å². The van der Waals surface area contributed by atoms with Gasteiger partial charge in [0.15, 0.2) is 5.75 Å². The molecule has 1 saturated heterocycles. The maximum Gasteiger partial charge on any atom is 0.494 e. The SMILES string of the molecule is Cc1nn(COCC[Si](C)(C)C)c2ccc(Oc3c(Cl)cc(B4OC(C)(C)C(C)(C)O4)cc3Cl)cc12. The molecule has 1 aliphatic heterocycles. The van der Waals surface area contributed by atoms with E-state index in [-0.39, 0.29) is 0 Å². The molecular weight excluding hydrogens is 514 g/mol. The standard InChI is InChI=1S/C26H35BCl2N2O4Si/c1-17-20-15-19(9-10-23(20)31(30-17)16-32-11-12-36(6,7)8)33-24-21(28)13-18(14-22(24)29)27-34-25(2,3)26(4,5)35-27/h9-10,13-15H,11-12,16H2,1-8H3. The molecule has 194 valence electrons. The Kier molecular flexibility index (Phi) is 7.61. The van der Waals surface area contributed by atoms with Gasteiger partial charge in [0, 0.05) is 20.1 Å². The van der Waals surface area contributed by atoms with Gasteiger partial charge in [0.2, 0.25) is 0 Å². The Morgan fingerprint density at radius 1 is 1.00 bits per heavy atom. The molecule has 10 heteroatoms. The van der Waals surface area contributed by atoms with Crippen LogP contribution in [0.3, 0.4) is 0 Å². The zero-order valence-electron chi connectivity index (χ0n) is 22.4. The maximum atomic E-state index is 6.61. The number of benzene rings is 2. The molecule has 1 aliphatic rings. The van der Waals surface area contributed by atoms with Crippen molar-refractivity contribution in [2.24, 2.45) is 0 Å². The summed E-state index contributed by atoms with van der Waals surface area (Å²) in [5.41, 5.74) is 1.72. The monoisotopic (exact) mass is 548 g/mol. The van der Waals surface area contributed by atoms with E-state index in [1.807, 2.05) is 57.5 Å². The van der Waals surface area contributed by atoms with E-state index in [2.05, 4.69) is 24.7 Å². The molecule has 0 aliphatic carbocycles. The molecule has 0 spiro atoms. The maximum absolute atomic E-state index is 6.61. The van der Waals surface area contributed by atoms with Crippen LogP contribution >= 0.6 is 23.2 Å². The molecule has 0 N–H and O–H groups in total. The first-order valence-electron chi connectivity index (χ1n) is 12.2. The minimum absolute atomic E-state index is 0.385. The Bertz CT molecular complexity index is 1230. The summed E-state index contributed by atoms with van der Waals surface area (Å²) in [6.45, 7) is 18.2. The van der Waals surface area contributed by atoms with Gasteiger partial charge in [-0.15, -0.1) is 0 Å². The molecule has 36 heavy (non-hydrogen) atoms. The van der Waals surface area contributed by atoms with Gasteiger partial charge in [-0.2, -0.15) is 5.10 Å². The number of hydrogen-bond donors (Lipinski definition) is 0. The van der Waals surface area contributed by atoms with Gasteiger partial charge < -0.3 is 18.8 Å². The Hall–Kier alpha value is -1.55. The van der Waals surface area contributed by atoms with Crippen molar-refractivity contribution in [3.8, 4) is 11.5 Å². The number of rotatable bonds is 8. The largest absolute Gasteiger partial charge is 0.494 e. The number of hydrogen-bond acceptors (Lipinski definition) is 5. The molecule has 0 amide bonds. The van der Waals surface area contributed by atoms with Crippen molar-refractivity contribution >= 4 is 54.8 Å². The molecule has 3 aromatic rings. The highest BCUT2D eigenvalue weighted by molar-refractivity contribution is 6.76. The first kappa shape index (κ1) is 27.5. The molecule has 0 unspecified atom stereocenters. The lowest BCUT2D eigenvalue weighted by atomic mass is 9.79. The van der Waals surface area contributed by atoms with E-state index in [9.17, 15) is 0 Å². The van der Waals surface area contributed by atoms with Crippen molar-refractivity contribution in [3.05, 3.63) is 46.1 Å². The van der Waals surface area contributed by atoms with E-state index in [0.29, 0.717) is 28.3 Å². The molecule has 2 aromatic carbocycles. The smallest absolute Gasteiger partial charge is 0.454 e. The van der Waals surface area contributed by atoms with Crippen LogP contribution in [-0.4, -0.2) is 42.8 Å². The lowest BCUT2D eigenvalue weighted by molar-refractivity contribution is 0.00578. The molecule has 4 rings (SSSR count). The molecule has 1 fully saturated rings. The van der Waals surface area contributed by atoms with Gasteiger partial charge >= 0.3 is 7.12 Å². The van der Waals surface area contributed by atoms with E-state index in [1.54, 1.807) is 12.1 Å². The van der Waals surface area contributed by atoms with Crippen LogP contribution in [-0.2, 0) is 20.8 Å². The van der Waals surface area contributed by atoms with Crippen molar-refractivity contribution in [1.82, 2.24) is 9.78 Å². The van der Waals surface area contributed by atoms with E-state index in [4.69, 9.17) is 42.0 Å². The molecule has 2 heterocycles. The van der Waals surface area contributed by atoms with Gasteiger partial charge in [-0.25, -0.2) is 4.68 Å². The van der Waals surface area contributed by atoms with Crippen LogP contribution in [0.15, 0.2) is 30.3 Å². The summed E-state index contributed by atoms with van der Waals surface area (Å²) >= 11 is 13.2. The second-order valence-corrected chi connectivity index (χ2v) is 18.1. The minimum atomic E-state index is -1.13. The van der Waals surface area contributed by atoms with Crippen LogP contribution in [0.2, 0.25) is 35.7 Å². The Morgan fingerprint density at radius 3 is 2.19 bits per heavy atom. The van der Waals surface area contributed by atoms with Crippen LogP contribution in [0.25, 0.3) is 10.9 Å². The minimum Gasteiger partial charge on any atom is -0.454 e. The average molecular weight is 549 g/mol. The third-order valence-electron chi connectivity index (χ3n) is 6.88. The molecule has 0 bridgehead atoms. The number of ether oxygens (including phenoxy) is 2. The van der Waals surface area contributed by atoms with Crippen LogP contribution in [0.1, 0.15) is 33.4 Å². The lowest BCUT2D eigenvalue weighted by Crippen LogP contribution is -2.41. The molecule has 6 nitrogen and oxygen atoms in total. The highest BCUT2D eigenvalue weighted by atomic mass is 35.5. The van der Waals surface area contributed by atoms with Crippen molar-refractivity contribution < 1.29 is 18.8 Å². The average Bonchev–Trinajstić information content (AvgIpc) is 3.18. The van der Waals surface area contributed by atoms with Gasteiger partial charge in [0.1, 0.15) is 12.5 Å². The van der Waals surface area contributed by atoms with E-state index in [0.717, 1.165) is 34.7 Å². The van der Waals surface area contributed by atoms with Gasteiger partial charge in [0.25, 0.3) is 0 Å². The number of halogens is 2. The first-order valence-corrected chi connectivity index (χ1v) is 16.7. The summed E-state index contributed by atoms with van der Waals surface area (Å²) in [6, 6.07) is 10.5. The van der Waals surface area contributed by atoms with E-state index < -0.39 is 26.4 Å². The lowest BCUT2D eigenvalue weighted by Gasteiger charge is -2.32. The van der Waals surface area contributed by atoms with Gasteiger partial charge in [0.05, 0.1) is 32.5 Å². The molecular formula is C26H35BCl2N2O4Si. The third-order valence-corrected chi connectivity index (χ3v) is 9.15. The molecule has 0 saturated carbocycles. The van der Waals surface area contributed by atoms with E-state index in [1.165, 1.54) is 0 Å². The fourth-order valence-electron chi connectivity index (χ4n) is 3.92. The summed E-state index contributed by atoms with van der Waals surface area (Å²) in [7, 11) is -1.69. The highest BCUT2D eigenvalue weighted by Gasteiger charge is 2.51. The van der Waals surface area contributed by atoms with Gasteiger partial charge in [-0.3, -0.25) is 0 Å². The van der Waals surface area contributed by atoms with Crippen molar-refractivity contribution in [2.45, 2.75) is 78.2 Å². The van der Waals surface area contributed by atoms with Gasteiger partial charge in [-0.1, -0.05) is 42.8 Å². The van der Waals surface area contributed by atoms with Crippen LogP contribution < -0.4 is 10.2 Å². The van der Waals surface area contributed by atoms with Crippen molar-refractivity contribution in [2.75, 3.05) is 6.61 Å². The number of aryl methyl sites for hydroxylation is 1. The zero-order chi connectivity index (χ0) is 26.5. The molecule has 0 atom stereocenters. The van der Waals surface area contributed by atoms with Crippen LogP contribution in [0.5, 0.6) is 11.5 Å². The fraction of sp³-hybridized carbons (Fsp3) is 0.500.